The molecule has 0 unspecified atom stereocenters. The van der Waals surface area contributed by atoms with Crippen molar-refractivity contribution in [3.8, 4) is 22.8 Å². The van der Waals surface area contributed by atoms with Crippen LogP contribution in [0, 0.1) is 17.5 Å². The molecule has 1 aromatic heterocycles. The van der Waals surface area contributed by atoms with Crippen LogP contribution in [0.5, 0.6) is 11.5 Å². The summed E-state index contributed by atoms with van der Waals surface area (Å²) in [7, 11) is 0. The lowest BCUT2D eigenvalue weighted by molar-refractivity contribution is -0.138. The number of rotatable bonds is 4. The Hall–Kier alpha value is -2.75. The highest BCUT2D eigenvalue weighted by molar-refractivity contribution is 9.10. The van der Waals surface area contributed by atoms with Crippen molar-refractivity contribution in [2.45, 2.75) is 6.18 Å². The third-order valence-electron chi connectivity index (χ3n) is 3.57. The number of halogens is 7. The number of furan rings is 1. The van der Waals surface area contributed by atoms with E-state index in [1.165, 1.54) is 12.1 Å². The Morgan fingerprint density at radius 2 is 1.61 bits per heavy atom. The molecule has 0 N–H and O–H groups in total. The molecular weight excluding hydrogens is 458 g/mol. The lowest BCUT2D eigenvalue weighted by Crippen LogP contribution is -2.07. The Kier molecular flexibility index (Phi) is 5.24. The maximum Gasteiger partial charge on any atom is 0.416 e. The van der Waals surface area contributed by atoms with Gasteiger partial charge in [-0.05, 0) is 46.3 Å². The number of alkyl halides is 3. The lowest BCUT2D eigenvalue weighted by atomic mass is 10.1. The number of ether oxygens (including phenoxy) is 1. The molecule has 0 fully saturated rings. The normalized spacial score (nSPS) is 11.5. The number of hydrogen-bond donors (Lipinski definition) is 0. The average Bonchev–Trinajstić information content (AvgIpc) is 3.08. The maximum atomic E-state index is 14.4. The summed E-state index contributed by atoms with van der Waals surface area (Å²) in [6.45, 7) is 0. The van der Waals surface area contributed by atoms with Gasteiger partial charge in [-0.1, -0.05) is 0 Å². The van der Waals surface area contributed by atoms with Crippen LogP contribution in [0.2, 0.25) is 0 Å². The zero-order chi connectivity index (χ0) is 20.6. The monoisotopic (exact) mass is 464 g/mol. The zero-order valence-corrected chi connectivity index (χ0v) is 15.0. The van der Waals surface area contributed by atoms with E-state index in [-0.39, 0.29) is 39.4 Å². The summed E-state index contributed by atoms with van der Waals surface area (Å²) < 4.78 is 90.1. The van der Waals surface area contributed by atoms with Crippen molar-refractivity contribution in [3.05, 3.63) is 69.6 Å². The quantitative estimate of drug-likeness (QED) is 0.316. The summed E-state index contributed by atoms with van der Waals surface area (Å²) in [6.07, 6.45) is -4.53. The van der Waals surface area contributed by atoms with Crippen LogP contribution in [0.4, 0.5) is 26.3 Å². The minimum atomic E-state index is -4.95. The minimum absolute atomic E-state index is 0.0127. The van der Waals surface area contributed by atoms with Gasteiger partial charge in [0.05, 0.1) is 15.6 Å². The van der Waals surface area contributed by atoms with Crippen molar-refractivity contribution in [1.29, 1.82) is 0 Å². The van der Waals surface area contributed by atoms with E-state index in [9.17, 15) is 31.1 Å². The van der Waals surface area contributed by atoms with Crippen LogP contribution in [0.3, 0.4) is 0 Å². The van der Waals surface area contributed by atoms with E-state index in [1.54, 1.807) is 0 Å². The Bertz CT molecular complexity index is 1030. The van der Waals surface area contributed by atoms with Crippen molar-refractivity contribution in [2.24, 2.45) is 0 Å². The van der Waals surface area contributed by atoms with Crippen molar-refractivity contribution < 1.29 is 40.3 Å². The average molecular weight is 465 g/mol. The van der Waals surface area contributed by atoms with Gasteiger partial charge in [0.15, 0.2) is 29.4 Å². The van der Waals surface area contributed by atoms with Gasteiger partial charge in [-0.15, -0.1) is 0 Å². The lowest BCUT2D eigenvalue weighted by Gasteiger charge is -2.13. The molecule has 1 heterocycles. The Morgan fingerprint density at radius 3 is 2.14 bits per heavy atom. The summed E-state index contributed by atoms with van der Waals surface area (Å²) in [6, 6.07) is 4.72. The maximum absolute atomic E-state index is 14.4. The van der Waals surface area contributed by atoms with Gasteiger partial charge in [0.2, 0.25) is 0 Å². The molecule has 0 aliphatic rings. The van der Waals surface area contributed by atoms with E-state index in [0.717, 1.165) is 12.1 Å². The molecule has 0 bridgehead atoms. The highest BCUT2D eigenvalue weighted by Gasteiger charge is 2.33. The second-order valence-electron chi connectivity index (χ2n) is 5.45. The number of hydrogen-bond acceptors (Lipinski definition) is 3. The fourth-order valence-corrected chi connectivity index (χ4v) is 2.71. The van der Waals surface area contributed by atoms with Crippen molar-refractivity contribution in [2.75, 3.05) is 0 Å². The van der Waals surface area contributed by atoms with Gasteiger partial charge in [0.25, 0.3) is 0 Å². The van der Waals surface area contributed by atoms with E-state index < -0.39 is 34.9 Å². The fourth-order valence-electron chi connectivity index (χ4n) is 2.29. The molecule has 10 heteroatoms. The molecule has 0 amide bonds. The third-order valence-corrected chi connectivity index (χ3v) is 4.19. The van der Waals surface area contributed by atoms with Gasteiger partial charge >= 0.3 is 6.18 Å². The van der Waals surface area contributed by atoms with Crippen LogP contribution in [-0.2, 0) is 6.18 Å². The SMILES string of the molecule is O=Cc1ccc(-c2cc(Br)c(Oc3c(F)cc(C(F)(F)F)cc3F)cc2F)o1. The molecule has 28 heavy (non-hydrogen) atoms. The molecular formula is C18H7BrF6O3. The molecule has 0 atom stereocenters. The Labute approximate surface area is 161 Å². The van der Waals surface area contributed by atoms with Crippen molar-refractivity contribution in [3.63, 3.8) is 0 Å². The molecule has 2 aromatic carbocycles. The second kappa shape index (κ2) is 7.34. The number of carbonyl (C=O) groups is 1. The predicted octanol–water partition coefficient (Wildman–Crippen LogP) is 6.75. The van der Waals surface area contributed by atoms with Gasteiger partial charge in [-0.3, -0.25) is 4.79 Å². The first-order valence-corrected chi connectivity index (χ1v) is 8.18. The summed E-state index contributed by atoms with van der Waals surface area (Å²) in [5.74, 6) is -5.67. The zero-order valence-electron chi connectivity index (χ0n) is 13.4. The molecule has 0 saturated heterocycles. The molecule has 0 saturated carbocycles. The topological polar surface area (TPSA) is 39.4 Å². The van der Waals surface area contributed by atoms with Crippen LogP contribution in [-0.4, -0.2) is 6.29 Å². The van der Waals surface area contributed by atoms with Crippen LogP contribution < -0.4 is 4.74 Å². The molecule has 0 aliphatic carbocycles. The summed E-state index contributed by atoms with van der Waals surface area (Å²) >= 11 is 3.03. The van der Waals surface area contributed by atoms with E-state index in [1.807, 2.05) is 0 Å². The number of aldehydes is 1. The molecule has 0 aliphatic heterocycles. The summed E-state index contributed by atoms with van der Waals surface area (Å²) in [4.78, 5) is 10.7. The van der Waals surface area contributed by atoms with Gasteiger partial charge in [0.1, 0.15) is 17.3 Å². The van der Waals surface area contributed by atoms with Crippen LogP contribution in [0.25, 0.3) is 11.3 Å². The second-order valence-corrected chi connectivity index (χ2v) is 6.31. The molecule has 146 valence electrons. The first-order chi connectivity index (χ1) is 13.1. The Morgan fingerprint density at radius 1 is 0.964 bits per heavy atom. The first-order valence-electron chi connectivity index (χ1n) is 7.38. The van der Waals surface area contributed by atoms with E-state index >= 15 is 0 Å². The molecule has 3 rings (SSSR count). The van der Waals surface area contributed by atoms with Gasteiger partial charge in [-0.2, -0.15) is 13.2 Å². The van der Waals surface area contributed by atoms with Gasteiger partial charge in [-0.25, -0.2) is 13.2 Å². The molecule has 3 nitrogen and oxygen atoms in total. The van der Waals surface area contributed by atoms with Gasteiger partial charge < -0.3 is 9.15 Å². The van der Waals surface area contributed by atoms with Crippen molar-refractivity contribution >= 4 is 22.2 Å². The fraction of sp³-hybridized carbons (Fsp3) is 0.0556. The first kappa shape index (κ1) is 20.0. The third kappa shape index (κ3) is 3.91. The molecule has 0 spiro atoms. The highest BCUT2D eigenvalue weighted by Crippen LogP contribution is 2.39. The smallest absolute Gasteiger partial charge is 0.416 e. The van der Waals surface area contributed by atoms with Crippen LogP contribution >= 0.6 is 15.9 Å². The van der Waals surface area contributed by atoms with Crippen LogP contribution in [0.15, 0.2) is 45.3 Å². The Balaban J connectivity index is 1.98. The predicted molar refractivity (Wildman–Crippen MR) is 88.6 cm³/mol. The number of carbonyl (C=O) groups excluding carboxylic acids is 1. The molecule has 0 radical (unpaired) electrons. The van der Waals surface area contributed by atoms with Gasteiger partial charge in [0, 0.05) is 6.07 Å². The largest absolute Gasteiger partial charge is 0.453 e. The highest BCUT2D eigenvalue weighted by atomic mass is 79.9. The van der Waals surface area contributed by atoms with Crippen LogP contribution in [0.1, 0.15) is 16.1 Å². The van der Waals surface area contributed by atoms with E-state index in [2.05, 4.69) is 15.9 Å². The number of benzene rings is 2. The standard InChI is InChI=1S/C18H7BrF6O3/c19-11-5-10(15-2-1-9(7-26)27-15)12(20)6-16(11)28-17-13(21)3-8(4-14(17)22)18(23,24)25/h1-7H. The molecule has 3 aromatic rings. The van der Waals surface area contributed by atoms with E-state index in [4.69, 9.17) is 9.15 Å². The van der Waals surface area contributed by atoms with E-state index in [0.29, 0.717) is 6.29 Å². The minimum Gasteiger partial charge on any atom is -0.453 e. The summed E-state index contributed by atoms with van der Waals surface area (Å²) in [5.41, 5.74) is -1.61. The van der Waals surface area contributed by atoms with Crippen molar-refractivity contribution in [1.82, 2.24) is 0 Å². The summed E-state index contributed by atoms with van der Waals surface area (Å²) in [5, 5.41) is 0.